The Balaban J connectivity index is 1.91. The number of benzene rings is 2. The van der Waals surface area contributed by atoms with Gasteiger partial charge in [-0.2, -0.15) is 0 Å². The minimum absolute atomic E-state index is 0.664. The van der Waals surface area contributed by atoms with Crippen molar-refractivity contribution in [2.24, 2.45) is 0 Å². The number of aryl methyl sites for hydroxylation is 1. The first-order valence-electron chi connectivity index (χ1n) is 8.88. The fourth-order valence-electron chi connectivity index (χ4n) is 3.84. The minimum atomic E-state index is 0.664. The van der Waals surface area contributed by atoms with Crippen molar-refractivity contribution in [2.75, 3.05) is 13.6 Å². The van der Waals surface area contributed by atoms with Crippen LogP contribution in [-0.2, 0) is 13.0 Å². The second kappa shape index (κ2) is 6.77. The van der Waals surface area contributed by atoms with Crippen molar-refractivity contribution < 1.29 is 0 Å². The molecule has 1 aliphatic heterocycles. The molecule has 0 fully saturated rings. The minimum Gasteiger partial charge on any atom is -0.320 e. The maximum Gasteiger partial charge on any atom is 0.0529 e. The molecule has 2 nitrogen and oxygen atoms in total. The Morgan fingerprint density at radius 2 is 1.81 bits per heavy atom. The van der Waals surface area contributed by atoms with E-state index in [0.29, 0.717) is 10.0 Å². The molecule has 0 bridgehead atoms. The van der Waals surface area contributed by atoms with Crippen LogP contribution in [0.25, 0.3) is 22.7 Å². The van der Waals surface area contributed by atoms with Gasteiger partial charge >= 0.3 is 0 Å². The molecule has 2 aromatic carbocycles. The predicted molar refractivity (Wildman–Crippen MR) is 113 cm³/mol. The van der Waals surface area contributed by atoms with Gasteiger partial charge in [0.15, 0.2) is 0 Å². The third-order valence-electron chi connectivity index (χ3n) is 5.17. The highest BCUT2D eigenvalue weighted by Gasteiger charge is 2.21. The molecule has 1 aliphatic rings. The van der Waals surface area contributed by atoms with E-state index in [1.807, 2.05) is 12.1 Å². The fraction of sp³-hybridized carbons (Fsp3) is 0.273. The lowest BCUT2D eigenvalue weighted by Crippen LogP contribution is -2.26. The third-order valence-corrected chi connectivity index (χ3v) is 5.61. The number of nitrogens with zero attached hydrogens (tertiary/aromatic N) is 2. The molecule has 4 heteroatoms. The maximum atomic E-state index is 6.20. The maximum absolute atomic E-state index is 6.20. The summed E-state index contributed by atoms with van der Waals surface area (Å²) in [6.45, 7) is 6.35. The summed E-state index contributed by atoms with van der Waals surface area (Å²) < 4.78 is 2.36. The molecule has 0 N–H and O–H groups in total. The van der Waals surface area contributed by atoms with Gasteiger partial charge in [0.05, 0.1) is 5.52 Å². The van der Waals surface area contributed by atoms with Crippen LogP contribution in [0.1, 0.15) is 29.3 Å². The van der Waals surface area contributed by atoms with E-state index < -0.39 is 0 Å². The topological polar surface area (TPSA) is 8.17 Å². The highest BCUT2D eigenvalue weighted by molar-refractivity contribution is 6.34. The summed E-state index contributed by atoms with van der Waals surface area (Å²) in [5.41, 5.74) is 7.63. The van der Waals surface area contributed by atoms with Crippen molar-refractivity contribution in [3.05, 3.63) is 68.8 Å². The molecule has 0 atom stereocenters. The zero-order valence-electron chi connectivity index (χ0n) is 15.3. The van der Waals surface area contributed by atoms with Crippen molar-refractivity contribution in [1.29, 1.82) is 0 Å². The molecular weight excluding hydrogens is 363 g/mol. The van der Waals surface area contributed by atoms with Crippen LogP contribution in [0.15, 0.2) is 36.4 Å². The monoisotopic (exact) mass is 384 g/mol. The number of hydrogen-bond donors (Lipinski definition) is 0. The van der Waals surface area contributed by atoms with E-state index in [-0.39, 0.29) is 0 Å². The van der Waals surface area contributed by atoms with Crippen molar-refractivity contribution in [2.45, 2.75) is 26.8 Å². The lowest BCUT2D eigenvalue weighted by molar-refractivity contribution is 0.312. The van der Waals surface area contributed by atoms with E-state index in [1.54, 1.807) is 6.07 Å². The first-order valence-corrected chi connectivity index (χ1v) is 9.63. The van der Waals surface area contributed by atoms with Crippen molar-refractivity contribution in [1.82, 2.24) is 9.47 Å². The molecule has 1 aromatic heterocycles. The number of fused-ring (bicyclic) bond motifs is 3. The smallest absolute Gasteiger partial charge is 0.0529 e. The second-order valence-electron chi connectivity index (χ2n) is 7.27. The van der Waals surface area contributed by atoms with E-state index in [4.69, 9.17) is 23.2 Å². The van der Waals surface area contributed by atoms with Gasteiger partial charge in [0.1, 0.15) is 0 Å². The largest absolute Gasteiger partial charge is 0.320 e. The molecule has 26 heavy (non-hydrogen) atoms. The van der Waals surface area contributed by atoms with Crippen LogP contribution < -0.4 is 0 Å². The van der Waals surface area contributed by atoms with Crippen LogP contribution in [-0.4, -0.2) is 23.1 Å². The van der Waals surface area contributed by atoms with E-state index in [9.17, 15) is 0 Å². The van der Waals surface area contributed by atoms with E-state index in [2.05, 4.69) is 54.8 Å². The lowest BCUT2D eigenvalue weighted by atomic mass is 10.0. The molecule has 0 saturated heterocycles. The first-order chi connectivity index (χ1) is 12.4. The van der Waals surface area contributed by atoms with Gasteiger partial charge in [-0.25, -0.2) is 0 Å². The SMILES string of the molecule is CC(=Cn1c2c(c3cc(C)ccc31)CN(C)CC2)c1cc(Cl)cc(Cl)c1. The quantitative estimate of drug-likeness (QED) is 0.505. The number of likely N-dealkylation sites (N-methyl/N-ethyl adjacent to an activating group) is 1. The van der Waals surface area contributed by atoms with E-state index >= 15 is 0 Å². The Bertz CT molecular complexity index is 1010. The standard InChI is InChI=1S/C22H22Cl2N2/c1-14-4-5-21-19(8-14)20-13-25(3)7-6-22(20)26(21)12-15(2)16-9-17(23)11-18(24)10-16/h4-5,8-12H,6-7,13H2,1-3H3. The predicted octanol–water partition coefficient (Wildman–Crippen LogP) is 6.26. The van der Waals surface area contributed by atoms with Gasteiger partial charge in [0, 0.05) is 46.8 Å². The number of halogens is 2. The van der Waals surface area contributed by atoms with Crippen LogP contribution in [0.3, 0.4) is 0 Å². The molecule has 0 saturated carbocycles. The Labute approximate surface area is 164 Å². The first kappa shape index (κ1) is 17.7. The lowest BCUT2D eigenvalue weighted by Gasteiger charge is -2.23. The van der Waals surface area contributed by atoms with Crippen LogP contribution in [0.5, 0.6) is 0 Å². The Morgan fingerprint density at radius 1 is 1.08 bits per heavy atom. The van der Waals surface area contributed by atoms with E-state index in [1.165, 1.54) is 27.7 Å². The Morgan fingerprint density at radius 3 is 2.54 bits per heavy atom. The van der Waals surface area contributed by atoms with Crippen LogP contribution in [0.2, 0.25) is 10.0 Å². The molecule has 4 rings (SSSR count). The summed E-state index contributed by atoms with van der Waals surface area (Å²) in [5.74, 6) is 0. The van der Waals surface area contributed by atoms with Gasteiger partial charge in [-0.1, -0.05) is 34.8 Å². The van der Waals surface area contributed by atoms with Crippen LogP contribution >= 0.6 is 23.2 Å². The summed E-state index contributed by atoms with van der Waals surface area (Å²) in [5, 5.41) is 2.69. The summed E-state index contributed by atoms with van der Waals surface area (Å²) in [7, 11) is 2.19. The van der Waals surface area contributed by atoms with Crippen LogP contribution in [0.4, 0.5) is 0 Å². The molecule has 0 aliphatic carbocycles. The van der Waals surface area contributed by atoms with Crippen molar-refractivity contribution >= 4 is 45.9 Å². The summed E-state index contributed by atoms with van der Waals surface area (Å²) >= 11 is 12.4. The highest BCUT2D eigenvalue weighted by Crippen LogP contribution is 2.33. The third kappa shape index (κ3) is 3.18. The van der Waals surface area contributed by atoms with Gasteiger partial charge in [-0.05, 0) is 67.9 Å². The molecule has 0 amide bonds. The average Bonchev–Trinajstić information content (AvgIpc) is 2.86. The van der Waals surface area contributed by atoms with Gasteiger partial charge in [-0.3, -0.25) is 0 Å². The van der Waals surface area contributed by atoms with E-state index in [0.717, 1.165) is 30.6 Å². The molecular formula is C22H22Cl2N2. The molecule has 3 aromatic rings. The van der Waals surface area contributed by atoms with Crippen molar-refractivity contribution in [3.8, 4) is 0 Å². The summed E-state index contributed by atoms with van der Waals surface area (Å²) in [6, 6.07) is 12.4. The van der Waals surface area contributed by atoms with Gasteiger partial charge in [0.2, 0.25) is 0 Å². The number of hydrogen-bond acceptors (Lipinski definition) is 1. The molecule has 134 valence electrons. The highest BCUT2D eigenvalue weighted by atomic mass is 35.5. The second-order valence-corrected chi connectivity index (χ2v) is 8.15. The van der Waals surface area contributed by atoms with Gasteiger partial charge in [-0.15, -0.1) is 0 Å². The zero-order valence-corrected chi connectivity index (χ0v) is 16.8. The van der Waals surface area contributed by atoms with Gasteiger partial charge < -0.3 is 9.47 Å². The summed E-state index contributed by atoms with van der Waals surface area (Å²) in [6.07, 6.45) is 3.28. The Hall–Kier alpha value is -1.74. The van der Waals surface area contributed by atoms with Gasteiger partial charge in [0.25, 0.3) is 0 Å². The fourth-order valence-corrected chi connectivity index (χ4v) is 4.36. The van der Waals surface area contributed by atoms with Crippen molar-refractivity contribution in [3.63, 3.8) is 0 Å². The molecule has 0 unspecified atom stereocenters. The molecule has 0 radical (unpaired) electrons. The summed E-state index contributed by atoms with van der Waals surface area (Å²) in [4.78, 5) is 2.39. The average molecular weight is 385 g/mol. The normalized spacial score (nSPS) is 15.5. The number of aromatic nitrogens is 1. The Kier molecular flexibility index (Phi) is 4.60. The molecule has 0 spiro atoms. The number of rotatable bonds is 2. The molecule has 2 heterocycles. The zero-order chi connectivity index (χ0) is 18.4. The van der Waals surface area contributed by atoms with Crippen LogP contribution in [0, 0.1) is 6.92 Å². The number of allylic oxidation sites excluding steroid dienone is 1.